The predicted octanol–water partition coefficient (Wildman–Crippen LogP) is 4.71. The number of fused-ring (bicyclic) bond motifs is 6. The molecule has 14 heteroatoms. The number of aliphatic imine (C=N–C) groups is 2. The molecule has 0 fully saturated rings. The van der Waals surface area contributed by atoms with Gasteiger partial charge in [-0.25, -0.2) is 0 Å². The molecule has 0 aromatic heterocycles. The van der Waals surface area contributed by atoms with Crippen molar-refractivity contribution in [1.29, 1.82) is 0 Å². The number of ether oxygens (including phenoxy) is 3. The van der Waals surface area contributed by atoms with Crippen LogP contribution in [0.25, 0.3) is 21.5 Å². The van der Waals surface area contributed by atoms with Gasteiger partial charge >= 0.3 is 115 Å². The third-order valence-corrected chi connectivity index (χ3v) is 11.1. The molecule has 0 radical (unpaired) electrons. The fourth-order valence-electron chi connectivity index (χ4n) is 6.92. The average Bonchev–Trinajstić information content (AvgIpc) is 3.59. The van der Waals surface area contributed by atoms with E-state index in [9.17, 15) is 14.7 Å². The van der Waals surface area contributed by atoms with E-state index in [1.165, 1.54) is 21.9 Å². The minimum Gasteiger partial charge on any atom is -1.00 e. The minimum atomic E-state index is -0.181. The number of alkyl halides is 1. The summed E-state index contributed by atoms with van der Waals surface area (Å²) >= 11 is 3.33. The number of rotatable bonds is 15. The van der Waals surface area contributed by atoms with E-state index < -0.39 is 0 Å². The van der Waals surface area contributed by atoms with Crippen molar-refractivity contribution in [3.05, 3.63) is 71.8 Å². The van der Waals surface area contributed by atoms with Gasteiger partial charge < -0.3 is 30.9 Å². The standard InChI is InChI=1S/C23H29NO3.C15H15NO.C8H15BrO2.CH2O3.2K.H/c1-5-26-21(25)9-7-6-8-14-27-18-12-10-17-11-13-20-22(19(17)15-18)23(3,4)16(2)24-20;1-9-15(2,3)14-12-8-11(17)6-4-10(12)5-7-13(14)16-9;1-2-11-8(10)6-4-3-5-7-9;2-1-4-3;;;/h10-13,15H,5-9,14H2,1-4H3;4-8,17H,1-3H3;2-7H2,1H3;1,3H;;;/q;;;;2*+1;-1/p-1. The Morgan fingerprint density at radius 2 is 1.16 bits per heavy atom. The summed E-state index contributed by atoms with van der Waals surface area (Å²) in [5, 5.41) is 23.8. The molecule has 61 heavy (non-hydrogen) atoms. The number of hydrogen-bond acceptors (Lipinski definition) is 11. The van der Waals surface area contributed by atoms with Gasteiger partial charge in [-0.1, -0.05) is 74.3 Å². The zero-order valence-electron chi connectivity index (χ0n) is 38.8. The van der Waals surface area contributed by atoms with Crippen molar-refractivity contribution in [2.24, 2.45) is 9.98 Å². The number of hydrogen-bond donors (Lipinski definition) is 1. The quantitative estimate of drug-likeness (QED) is 0.0339. The van der Waals surface area contributed by atoms with Crippen LogP contribution in [0.3, 0.4) is 0 Å². The number of nitrogens with zero attached hydrogens (tertiary/aromatic N) is 2. The maximum atomic E-state index is 11.3. The molecule has 4 aromatic carbocycles. The molecule has 0 aliphatic carbocycles. The van der Waals surface area contributed by atoms with Crippen LogP contribution in [-0.2, 0) is 39.6 Å². The van der Waals surface area contributed by atoms with Crippen LogP contribution in [0.4, 0.5) is 11.4 Å². The zero-order chi connectivity index (χ0) is 43.6. The molecule has 0 saturated heterocycles. The molecular formula is C47H61BrK2N2O9. The molecule has 0 saturated carbocycles. The molecule has 0 spiro atoms. The molecule has 0 atom stereocenters. The smallest absolute Gasteiger partial charge is 1.00 e. The topological polar surface area (TPSA) is 156 Å². The Labute approximate surface area is 456 Å². The summed E-state index contributed by atoms with van der Waals surface area (Å²) in [5.41, 5.74) is 6.79. The maximum absolute atomic E-state index is 11.3. The van der Waals surface area contributed by atoms with Gasteiger partial charge in [0.2, 0.25) is 0 Å². The number of aromatic hydroxyl groups is 1. The summed E-state index contributed by atoms with van der Waals surface area (Å²) in [7, 11) is 0. The van der Waals surface area contributed by atoms with Crippen molar-refractivity contribution in [2.75, 3.05) is 25.2 Å². The molecule has 0 amide bonds. The number of unbranched alkanes of at least 4 members (excludes halogenated alkanes) is 4. The Bertz CT molecular complexity index is 2110. The second kappa shape index (κ2) is 29.1. The molecule has 0 unspecified atom stereocenters. The number of carbonyl (C=O) groups is 3. The Kier molecular flexibility index (Phi) is 27.4. The normalized spacial score (nSPS) is 13.3. The molecule has 11 nitrogen and oxygen atoms in total. The summed E-state index contributed by atoms with van der Waals surface area (Å²) in [6.45, 7) is 18.1. The Morgan fingerprint density at radius 1 is 0.721 bits per heavy atom. The summed E-state index contributed by atoms with van der Waals surface area (Å²) < 4.78 is 15.7. The maximum Gasteiger partial charge on any atom is 1.00 e. The minimum absolute atomic E-state index is 0. The van der Waals surface area contributed by atoms with E-state index in [0.717, 1.165) is 83.2 Å². The Hall–Kier alpha value is -1.54. The van der Waals surface area contributed by atoms with Gasteiger partial charge in [-0.15, -0.1) is 0 Å². The van der Waals surface area contributed by atoms with E-state index in [1.807, 2.05) is 32.0 Å². The first-order valence-corrected chi connectivity index (χ1v) is 21.5. The summed E-state index contributed by atoms with van der Waals surface area (Å²) in [6.07, 6.45) is 6.98. The molecule has 0 bridgehead atoms. The fraction of sp³-hybridized carbons (Fsp3) is 0.468. The summed E-state index contributed by atoms with van der Waals surface area (Å²) in [6, 6.07) is 20.2. The molecule has 322 valence electrons. The average molecular weight is 956 g/mol. The number of halogens is 1. The van der Waals surface area contributed by atoms with E-state index in [4.69, 9.17) is 29.3 Å². The van der Waals surface area contributed by atoms with Gasteiger partial charge in [-0.05, 0) is 129 Å². The zero-order valence-corrected chi connectivity index (χ0v) is 45.7. The van der Waals surface area contributed by atoms with Crippen molar-refractivity contribution in [3.8, 4) is 11.5 Å². The monoisotopic (exact) mass is 954 g/mol. The van der Waals surface area contributed by atoms with Crippen LogP contribution in [0.15, 0.2) is 70.6 Å². The molecule has 2 aliphatic heterocycles. The third-order valence-electron chi connectivity index (χ3n) is 10.5. The van der Waals surface area contributed by atoms with E-state index >= 15 is 0 Å². The molecular weight excluding hydrogens is 895 g/mol. The third kappa shape index (κ3) is 17.1. The summed E-state index contributed by atoms with van der Waals surface area (Å²) in [5.74, 6) is 1.02. The fourth-order valence-corrected chi connectivity index (χ4v) is 7.32. The van der Waals surface area contributed by atoms with E-state index in [1.54, 1.807) is 6.07 Å². The van der Waals surface area contributed by atoms with Crippen molar-refractivity contribution in [1.82, 2.24) is 0 Å². The molecule has 4 aromatic rings. The van der Waals surface area contributed by atoms with Crippen LogP contribution in [-0.4, -0.2) is 60.1 Å². The van der Waals surface area contributed by atoms with Crippen LogP contribution >= 0.6 is 15.9 Å². The van der Waals surface area contributed by atoms with E-state index in [2.05, 4.69) is 104 Å². The van der Waals surface area contributed by atoms with Crippen LogP contribution in [0.2, 0.25) is 0 Å². The van der Waals surface area contributed by atoms with Crippen LogP contribution in [0, 0.1) is 0 Å². The van der Waals surface area contributed by atoms with Crippen molar-refractivity contribution in [3.63, 3.8) is 0 Å². The number of benzene rings is 4. The number of esters is 2. The van der Waals surface area contributed by atoms with Crippen molar-refractivity contribution < 1.29 is 148 Å². The van der Waals surface area contributed by atoms with Crippen LogP contribution in [0.5, 0.6) is 11.5 Å². The molecule has 2 heterocycles. The van der Waals surface area contributed by atoms with E-state index in [0.29, 0.717) is 38.4 Å². The van der Waals surface area contributed by atoms with Gasteiger partial charge in [-0.3, -0.25) is 24.4 Å². The van der Waals surface area contributed by atoms with Crippen LogP contribution < -0.4 is 113 Å². The SMILES string of the molecule is CC1=Nc2ccc3ccc(O)cc3c2C1(C)C.CCOC(=O)CCCCCBr.CCOC(=O)CCCCCOc1ccc2ccc3c(c2c1)C(C)(C)C(C)=N3.O=CO[O-].[H-].[K+].[K+]. The summed E-state index contributed by atoms with van der Waals surface area (Å²) in [4.78, 5) is 42.7. The van der Waals surface area contributed by atoms with Gasteiger partial charge in [0.1, 0.15) is 11.5 Å². The van der Waals surface area contributed by atoms with Gasteiger partial charge in [0.15, 0.2) is 0 Å². The second-order valence-corrected chi connectivity index (χ2v) is 16.1. The van der Waals surface area contributed by atoms with Gasteiger partial charge in [-0.2, -0.15) is 0 Å². The van der Waals surface area contributed by atoms with E-state index in [-0.39, 0.29) is 133 Å². The predicted molar refractivity (Wildman–Crippen MR) is 239 cm³/mol. The van der Waals surface area contributed by atoms with Crippen molar-refractivity contribution in [2.45, 2.75) is 118 Å². The first kappa shape index (κ1) is 57.5. The van der Waals surface area contributed by atoms with Crippen LogP contribution in [0.1, 0.15) is 119 Å². The molecule has 6 rings (SSSR count). The van der Waals surface area contributed by atoms with Crippen molar-refractivity contribution >= 4 is 78.7 Å². The number of carbonyl (C=O) groups excluding carboxylic acids is 3. The Morgan fingerprint density at radius 3 is 1.62 bits per heavy atom. The molecule has 2 aliphatic rings. The first-order chi connectivity index (χ1) is 28.2. The van der Waals surface area contributed by atoms with Gasteiger partial charge in [0.25, 0.3) is 6.47 Å². The number of phenols is 1. The molecule has 1 N–H and O–H groups in total. The van der Waals surface area contributed by atoms with Gasteiger partial charge in [0, 0.05) is 40.4 Å². The first-order valence-electron chi connectivity index (χ1n) is 20.3. The largest absolute Gasteiger partial charge is 1.00 e. The van der Waals surface area contributed by atoms with Gasteiger partial charge in [0.05, 0.1) is 31.2 Å². The Balaban J connectivity index is 0.000000914. The second-order valence-electron chi connectivity index (χ2n) is 15.3. The number of phenolic OH excluding ortho intramolecular Hbond substituents is 1.